The molecule has 0 aromatic carbocycles. The zero-order chi connectivity index (χ0) is 14.5. The van der Waals surface area contributed by atoms with Crippen molar-refractivity contribution in [3.8, 4) is 0 Å². The third-order valence-electron chi connectivity index (χ3n) is 3.68. The van der Waals surface area contributed by atoms with E-state index in [-0.39, 0.29) is 11.9 Å². The van der Waals surface area contributed by atoms with Crippen LogP contribution in [0.3, 0.4) is 0 Å². The van der Waals surface area contributed by atoms with Crippen molar-refractivity contribution < 1.29 is 9.32 Å². The summed E-state index contributed by atoms with van der Waals surface area (Å²) in [6, 6.07) is 0.348. The third kappa shape index (κ3) is 3.71. The molecule has 1 N–H and O–H groups in total. The molecule has 0 aliphatic carbocycles. The summed E-state index contributed by atoms with van der Waals surface area (Å²) in [5.74, 6) is 1.56. The van der Waals surface area contributed by atoms with E-state index >= 15 is 0 Å². The molecule has 0 bridgehead atoms. The van der Waals surface area contributed by atoms with Crippen LogP contribution in [0.25, 0.3) is 0 Å². The van der Waals surface area contributed by atoms with Crippen LogP contribution in [0.4, 0.5) is 4.79 Å². The zero-order valence-corrected chi connectivity index (χ0v) is 12.6. The second kappa shape index (κ2) is 6.72. The largest absolute Gasteiger partial charge is 0.339 e. The molecule has 1 aromatic rings. The van der Waals surface area contributed by atoms with Gasteiger partial charge in [-0.3, -0.25) is 0 Å². The summed E-state index contributed by atoms with van der Waals surface area (Å²) in [4.78, 5) is 18.3. The van der Waals surface area contributed by atoms with E-state index in [1.807, 2.05) is 18.7 Å². The van der Waals surface area contributed by atoms with Crippen LogP contribution in [-0.2, 0) is 6.42 Å². The quantitative estimate of drug-likeness (QED) is 0.918. The van der Waals surface area contributed by atoms with Crippen LogP contribution in [0.15, 0.2) is 4.52 Å². The van der Waals surface area contributed by atoms with Crippen LogP contribution in [0.1, 0.15) is 57.7 Å². The number of likely N-dealkylation sites (tertiary alicyclic amines) is 1. The predicted octanol–water partition coefficient (Wildman–Crippen LogP) is 2.32. The van der Waals surface area contributed by atoms with E-state index < -0.39 is 0 Å². The number of carbonyl (C=O) groups is 1. The molecule has 6 heteroatoms. The first kappa shape index (κ1) is 14.8. The summed E-state index contributed by atoms with van der Waals surface area (Å²) in [6.07, 6.45) is 3.98. The average Bonchev–Trinajstić information content (AvgIpc) is 2.88. The molecule has 1 fully saturated rings. The lowest BCUT2D eigenvalue weighted by molar-refractivity contribution is 0.158. The molecule has 0 spiro atoms. The molecule has 0 saturated carbocycles. The molecular formula is C14H24N4O2. The highest BCUT2D eigenvalue weighted by Crippen LogP contribution is 2.16. The summed E-state index contributed by atoms with van der Waals surface area (Å²) < 4.78 is 5.15. The molecule has 1 aliphatic heterocycles. The van der Waals surface area contributed by atoms with Gasteiger partial charge in [-0.05, 0) is 26.2 Å². The number of nitrogens with one attached hydrogen (secondary N) is 1. The minimum absolute atomic E-state index is 0.0146. The van der Waals surface area contributed by atoms with E-state index in [1.54, 1.807) is 0 Å². The fourth-order valence-corrected chi connectivity index (χ4v) is 2.38. The number of piperidine rings is 1. The lowest BCUT2D eigenvalue weighted by Crippen LogP contribution is -2.47. The van der Waals surface area contributed by atoms with Gasteiger partial charge in [0.15, 0.2) is 5.82 Å². The Labute approximate surface area is 119 Å². The highest BCUT2D eigenvalue weighted by atomic mass is 16.5. The molecule has 20 heavy (non-hydrogen) atoms. The summed E-state index contributed by atoms with van der Waals surface area (Å²) >= 11 is 0. The van der Waals surface area contributed by atoms with Crippen LogP contribution in [0.2, 0.25) is 0 Å². The lowest BCUT2D eigenvalue weighted by atomic mass is 10.0. The summed E-state index contributed by atoms with van der Waals surface area (Å²) in [7, 11) is 0. The monoisotopic (exact) mass is 280 g/mol. The van der Waals surface area contributed by atoms with Gasteiger partial charge in [0.25, 0.3) is 0 Å². The molecule has 1 aromatic heterocycles. The molecule has 2 amide bonds. The molecule has 112 valence electrons. The molecule has 0 unspecified atom stereocenters. The fourth-order valence-electron chi connectivity index (χ4n) is 2.38. The van der Waals surface area contributed by atoms with Crippen LogP contribution >= 0.6 is 0 Å². The average molecular weight is 280 g/mol. The van der Waals surface area contributed by atoms with Crippen molar-refractivity contribution in [3.63, 3.8) is 0 Å². The van der Waals surface area contributed by atoms with Crippen LogP contribution in [-0.4, -0.2) is 40.2 Å². The highest BCUT2D eigenvalue weighted by molar-refractivity contribution is 5.74. The van der Waals surface area contributed by atoms with Gasteiger partial charge in [0.05, 0.1) is 0 Å². The number of aromatic nitrogens is 2. The van der Waals surface area contributed by atoms with Gasteiger partial charge in [0, 0.05) is 31.5 Å². The Morgan fingerprint density at radius 1 is 1.50 bits per heavy atom. The fraction of sp³-hybridized carbons (Fsp3) is 0.786. The van der Waals surface area contributed by atoms with Crippen LogP contribution in [0, 0.1) is 0 Å². The van der Waals surface area contributed by atoms with Crippen molar-refractivity contribution in [2.75, 3.05) is 13.1 Å². The van der Waals surface area contributed by atoms with Crippen molar-refractivity contribution >= 4 is 6.03 Å². The van der Waals surface area contributed by atoms with Gasteiger partial charge in [-0.15, -0.1) is 0 Å². The van der Waals surface area contributed by atoms with Gasteiger partial charge >= 0.3 is 6.03 Å². The number of hydrogen-bond donors (Lipinski definition) is 1. The minimum atomic E-state index is 0.0146. The number of rotatable bonds is 4. The molecule has 0 radical (unpaired) electrons. The molecule has 2 heterocycles. The molecule has 2 rings (SSSR count). The van der Waals surface area contributed by atoms with Crippen molar-refractivity contribution in [1.29, 1.82) is 0 Å². The number of amides is 2. The number of carbonyl (C=O) groups excluding carboxylic acids is 1. The first-order valence-corrected chi connectivity index (χ1v) is 7.45. The lowest BCUT2D eigenvalue weighted by Gasteiger charge is -2.33. The Bertz CT molecular complexity index is 444. The van der Waals surface area contributed by atoms with E-state index in [0.29, 0.717) is 24.9 Å². The molecule has 6 nitrogen and oxygen atoms in total. The number of nitrogens with zero attached hydrogens (tertiary/aromatic N) is 3. The Morgan fingerprint density at radius 2 is 2.30 bits per heavy atom. The maximum atomic E-state index is 12.1. The van der Waals surface area contributed by atoms with E-state index in [0.717, 1.165) is 25.2 Å². The van der Waals surface area contributed by atoms with Gasteiger partial charge < -0.3 is 14.7 Å². The SMILES string of the molecule is CC(C)c1noc(CCNC(=O)N2CCCC[C@@H]2C)n1. The van der Waals surface area contributed by atoms with Crippen molar-refractivity contribution in [2.24, 2.45) is 0 Å². The summed E-state index contributed by atoms with van der Waals surface area (Å²) in [6.45, 7) is 7.53. The van der Waals surface area contributed by atoms with E-state index in [2.05, 4.69) is 22.4 Å². The van der Waals surface area contributed by atoms with E-state index in [4.69, 9.17) is 4.52 Å². The van der Waals surface area contributed by atoms with Gasteiger partial charge in [-0.2, -0.15) is 4.98 Å². The standard InChI is InChI=1S/C14H24N4O2/c1-10(2)13-16-12(20-17-13)7-8-15-14(19)18-9-5-4-6-11(18)3/h10-11H,4-9H2,1-3H3,(H,15,19)/t11-/m0/s1. The molecule has 1 aliphatic rings. The minimum Gasteiger partial charge on any atom is -0.339 e. The second-order valence-corrected chi connectivity index (χ2v) is 5.72. The normalized spacial score (nSPS) is 19.4. The maximum Gasteiger partial charge on any atom is 0.317 e. The Balaban J connectivity index is 1.75. The molecule has 1 atom stereocenters. The van der Waals surface area contributed by atoms with Crippen molar-refractivity contribution in [3.05, 3.63) is 11.7 Å². The smallest absolute Gasteiger partial charge is 0.317 e. The first-order valence-electron chi connectivity index (χ1n) is 7.45. The van der Waals surface area contributed by atoms with Crippen LogP contribution in [0.5, 0.6) is 0 Å². The molecule has 1 saturated heterocycles. The maximum absolute atomic E-state index is 12.1. The third-order valence-corrected chi connectivity index (χ3v) is 3.68. The zero-order valence-electron chi connectivity index (χ0n) is 12.6. The van der Waals surface area contributed by atoms with Gasteiger partial charge in [0.2, 0.25) is 5.89 Å². The van der Waals surface area contributed by atoms with Crippen molar-refractivity contribution in [2.45, 2.75) is 58.4 Å². The summed E-state index contributed by atoms with van der Waals surface area (Å²) in [5.41, 5.74) is 0. The Hall–Kier alpha value is -1.59. The van der Waals surface area contributed by atoms with Gasteiger partial charge in [0.1, 0.15) is 0 Å². The number of hydrogen-bond acceptors (Lipinski definition) is 4. The van der Waals surface area contributed by atoms with Gasteiger partial charge in [-0.1, -0.05) is 19.0 Å². The number of urea groups is 1. The first-order chi connectivity index (χ1) is 9.58. The van der Waals surface area contributed by atoms with E-state index in [1.165, 1.54) is 6.42 Å². The highest BCUT2D eigenvalue weighted by Gasteiger charge is 2.22. The Morgan fingerprint density at radius 3 is 2.95 bits per heavy atom. The second-order valence-electron chi connectivity index (χ2n) is 5.72. The topological polar surface area (TPSA) is 71.3 Å². The molecular weight excluding hydrogens is 256 g/mol. The van der Waals surface area contributed by atoms with E-state index in [9.17, 15) is 4.79 Å². The summed E-state index contributed by atoms with van der Waals surface area (Å²) in [5, 5.41) is 6.84. The Kier molecular flexibility index (Phi) is 4.98. The van der Waals surface area contributed by atoms with Crippen LogP contribution < -0.4 is 5.32 Å². The van der Waals surface area contributed by atoms with Crippen molar-refractivity contribution in [1.82, 2.24) is 20.4 Å². The van der Waals surface area contributed by atoms with Gasteiger partial charge in [-0.25, -0.2) is 4.79 Å². The predicted molar refractivity (Wildman–Crippen MR) is 75.5 cm³/mol.